The molecule has 0 amide bonds. The lowest BCUT2D eigenvalue weighted by molar-refractivity contribution is 0.0916. The van der Waals surface area contributed by atoms with Crippen LogP contribution in [0.4, 0.5) is 0 Å². The molecule has 3 rings (SSSR count). The largest absolute Gasteiger partial charge is 0.310 e. The number of rotatable bonds is 3. The number of hydrogen-bond acceptors (Lipinski definition) is 3. The van der Waals surface area contributed by atoms with Crippen molar-refractivity contribution in [3.8, 4) is 0 Å². The molecule has 0 atom stereocenters. The molecule has 1 N–H and O–H groups in total. The van der Waals surface area contributed by atoms with Crippen molar-refractivity contribution in [3.63, 3.8) is 0 Å². The van der Waals surface area contributed by atoms with E-state index in [-0.39, 0.29) is 0 Å². The molecule has 0 aromatic rings. The van der Waals surface area contributed by atoms with Crippen LogP contribution in [0.15, 0.2) is 0 Å². The van der Waals surface area contributed by atoms with Gasteiger partial charge in [-0.05, 0) is 71.2 Å². The highest BCUT2D eigenvalue weighted by Gasteiger charge is 2.38. The summed E-state index contributed by atoms with van der Waals surface area (Å²) >= 11 is 0. The summed E-state index contributed by atoms with van der Waals surface area (Å²) in [7, 11) is 0. The first-order valence-electron chi connectivity index (χ1n) is 9.03. The van der Waals surface area contributed by atoms with Crippen LogP contribution in [0, 0.1) is 0 Å². The van der Waals surface area contributed by atoms with Gasteiger partial charge in [-0.15, -0.1) is 0 Å². The lowest BCUT2D eigenvalue weighted by Crippen LogP contribution is -2.53. The smallest absolute Gasteiger partial charge is 0.0308 e. The molecule has 3 nitrogen and oxygen atoms in total. The average Bonchev–Trinajstić information content (AvgIpc) is 2.81. The van der Waals surface area contributed by atoms with Gasteiger partial charge in [0.1, 0.15) is 0 Å². The molecule has 1 saturated carbocycles. The Labute approximate surface area is 125 Å². The first-order chi connectivity index (χ1) is 9.81. The molecule has 2 aliphatic heterocycles. The molecule has 0 unspecified atom stereocenters. The zero-order valence-electron chi connectivity index (χ0n) is 13.4. The monoisotopic (exact) mass is 279 g/mol. The van der Waals surface area contributed by atoms with Gasteiger partial charge in [0.2, 0.25) is 0 Å². The highest BCUT2D eigenvalue weighted by atomic mass is 15.2. The van der Waals surface area contributed by atoms with Gasteiger partial charge in [0, 0.05) is 18.1 Å². The van der Waals surface area contributed by atoms with Gasteiger partial charge >= 0.3 is 0 Å². The molecule has 116 valence electrons. The van der Waals surface area contributed by atoms with Crippen LogP contribution in [-0.2, 0) is 0 Å². The van der Waals surface area contributed by atoms with E-state index in [2.05, 4.69) is 22.0 Å². The standard InChI is InChI=1S/C17H33N3/c1-2-11-19-13-6-16(7-14-19)20-12-5-10-18-17(15-20)8-3-4-9-17/h16,18H,2-15H2,1H3. The van der Waals surface area contributed by atoms with Gasteiger partial charge in [0.25, 0.3) is 0 Å². The molecule has 2 heterocycles. The third-order valence-electron chi connectivity index (χ3n) is 5.80. The highest BCUT2D eigenvalue weighted by Crippen LogP contribution is 2.33. The fraction of sp³-hybridized carbons (Fsp3) is 1.00. The lowest BCUT2D eigenvalue weighted by atomic mass is 9.94. The van der Waals surface area contributed by atoms with E-state index < -0.39 is 0 Å². The number of likely N-dealkylation sites (tertiary alicyclic amines) is 1. The summed E-state index contributed by atoms with van der Waals surface area (Å²) in [6, 6.07) is 0.862. The second-order valence-electron chi connectivity index (χ2n) is 7.31. The van der Waals surface area contributed by atoms with Gasteiger partial charge in [-0.2, -0.15) is 0 Å². The molecular formula is C17H33N3. The summed E-state index contributed by atoms with van der Waals surface area (Å²) in [5, 5.41) is 3.90. The Kier molecular flexibility index (Phi) is 5.00. The first kappa shape index (κ1) is 14.8. The Morgan fingerprint density at radius 3 is 2.50 bits per heavy atom. The fourth-order valence-electron chi connectivity index (χ4n) is 4.68. The summed E-state index contributed by atoms with van der Waals surface area (Å²) < 4.78 is 0. The molecular weight excluding hydrogens is 246 g/mol. The molecule has 3 fully saturated rings. The summed E-state index contributed by atoms with van der Waals surface area (Å²) in [5.41, 5.74) is 0.483. The molecule has 3 aliphatic rings. The Bertz CT molecular complexity index is 291. The summed E-state index contributed by atoms with van der Waals surface area (Å²) in [5.74, 6) is 0. The maximum absolute atomic E-state index is 3.90. The maximum atomic E-state index is 3.90. The van der Waals surface area contributed by atoms with E-state index in [9.17, 15) is 0 Å². The predicted octanol–water partition coefficient (Wildman–Crippen LogP) is 2.47. The quantitative estimate of drug-likeness (QED) is 0.856. The van der Waals surface area contributed by atoms with Crippen molar-refractivity contribution in [2.24, 2.45) is 0 Å². The van der Waals surface area contributed by atoms with Crippen molar-refractivity contribution in [1.82, 2.24) is 15.1 Å². The summed E-state index contributed by atoms with van der Waals surface area (Å²) in [6.45, 7) is 10.2. The van der Waals surface area contributed by atoms with E-state index in [1.165, 1.54) is 90.6 Å². The van der Waals surface area contributed by atoms with Crippen LogP contribution in [0.25, 0.3) is 0 Å². The topological polar surface area (TPSA) is 18.5 Å². The minimum atomic E-state index is 0.483. The molecule has 20 heavy (non-hydrogen) atoms. The molecule has 1 spiro atoms. The Hall–Kier alpha value is -0.120. The van der Waals surface area contributed by atoms with Crippen molar-refractivity contribution < 1.29 is 0 Å². The zero-order valence-corrected chi connectivity index (χ0v) is 13.4. The van der Waals surface area contributed by atoms with Crippen LogP contribution < -0.4 is 5.32 Å². The lowest BCUT2D eigenvalue weighted by Gasteiger charge is -2.41. The number of nitrogens with zero attached hydrogens (tertiary/aromatic N) is 2. The third-order valence-corrected chi connectivity index (χ3v) is 5.80. The second-order valence-corrected chi connectivity index (χ2v) is 7.31. The normalized spacial score (nSPS) is 29.9. The molecule has 0 aromatic heterocycles. The molecule has 1 aliphatic carbocycles. The summed E-state index contributed by atoms with van der Waals surface area (Å²) in [6.07, 6.45) is 11.2. The van der Waals surface area contributed by atoms with Gasteiger partial charge in [-0.3, -0.25) is 4.90 Å². The Balaban J connectivity index is 1.56. The van der Waals surface area contributed by atoms with Gasteiger partial charge < -0.3 is 10.2 Å². The molecule has 0 bridgehead atoms. The van der Waals surface area contributed by atoms with Crippen LogP contribution in [0.2, 0.25) is 0 Å². The highest BCUT2D eigenvalue weighted by molar-refractivity contribution is 4.98. The molecule has 0 radical (unpaired) electrons. The number of nitrogens with one attached hydrogen (secondary N) is 1. The van der Waals surface area contributed by atoms with Crippen LogP contribution >= 0.6 is 0 Å². The van der Waals surface area contributed by atoms with E-state index in [1.807, 2.05) is 0 Å². The average molecular weight is 279 g/mol. The molecule has 2 saturated heterocycles. The first-order valence-corrected chi connectivity index (χ1v) is 9.03. The van der Waals surface area contributed by atoms with Crippen molar-refractivity contribution in [1.29, 1.82) is 0 Å². The van der Waals surface area contributed by atoms with Gasteiger partial charge in [0.15, 0.2) is 0 Å². The number of piperidine rings is 1. The van der Waals surface area contributed by atoms with Crippen molar-refractivity contribution >= 4 is 0 Å². The van der Waals surface area contributed by atoms with Crippen LogP contribution in [0.1, 0.15) is 58.3 Å². The molecule has 0 aromatic carbocycles. The minimum absolute atomic E-state index is 0.483. The van der Waals surface area contributed by atoms with E-state index in [4.69, 9.17) is 0 Å². The van der Waals surface area contributed by atoms with E-state index in [0.29, 0.717) is 5.54 Å². The van der Waals surface area contributed by atoms with Gasteiger partial charge in [-0.1, -0.05) is 19.8 Å². The third kappa shape index (κ3) is 3.37. The van der Waals surface area contributed by atoms with E-state index in [0.717, 1.165) is 6.04 Å². The van der Waals surface area contributed by atoms with Crippen molar-refractivity contribution in [3.05, 3.63) is 0 Å². The van der Waals surface area contributed by atoms with Crippen molar-refractivity contribution in [2.45, 2.75) is 69.9 Å². The Morgan fingerprint density at radius 2 is 1.80 bits per heavy atom. The minimum Gasteiger partial charge on any atom is -0.310 e. The predicted molar refractivity (Wildman–Crippen MR) is 85.1 cm³/mol. The fourth-order valence-corrected chi connectivity index (χ4v) is 4.68. The van der Waals surface area contributed by atoms with Crippen LogP contribution in [0.3, 0.4) is 0 Å². The molecule has 3 heteroatoms. The summed E-state index contributed by atoms with van der Waals surface area (Å²) in [4.78, 5) is 5.52. The number of hydrogen-bond donors (Lipinski definition) is 1. The van der Waals surface area contributed by atoms with Gasteiger partial charge in [-0.25, -0.2) is 0 Å². The maximum Gasteiger partial charge on any atom is 0.0308 e. The van der Waals surface area contributed by atoms with E-state index >= 15 is 0 Å². The van der Waals surface area contributed by atoms with Crippen molar-refractivity contribution in [2.75, 3.05) is 39.3 Å². The SMILES string of the molecule is CCCN1CCC(N2CCCNC3(CCCC3)C2)CC1. The van der Waals surface area contributed by atoms with Crippen LogP contribution in [-0.4, -0.2) is 60.6 Å². The zero-order chi connectivity index (χ0) is 13.8. The van der Waals surface area contributed by atoms with Crippen LogP contribution in [0.5, 0.6) is 0 Å². The second kappa shape index (κ2) is 6.76. The van der Waals surface area contributed by atoms with Gasteiger partial charge in [0.05, 0.1) is 0 Å². The van der Waals surface area contributed by atoms with E-state index in [1.54, 1.807) is 0 Å². The Morgan fingerprint density at radius 1 is 1.05 bits per heavy atom.